The molecule has 0 heterocycles. The monoisotopic (exact) mass is 178 g/mol. The second-order valence-corrected chi connectivity index (χ2v) is 3.20. The summed E-state index contributed by atoms with van der Waals surface area (Å²) in [5, 5.41) is 0. The highest BCUT2D eigenvalue weighted by Gasteiger charge is 2.10. The van der Waals surface area contributed by atoms with Crippen LogP contribution in [0.4, 0.5) is 5.69 Å². The van der Waals surface area contributed by atoms with Gasteiger partial charge in [-0.1, -0.05) is 12.1 Å². The van der Waals surface area contributed by atoms with Crippen LogP contribution in [0.5, 0.6) is 0 Å². The molecular weight excluding hydrogens is 164 g/mol. The summed E-state index contributed by atoms with van der Waals surface area (Å²) in [5.41, 5.74) is 13.8. The zero-order chi connectivity index (χ0) is 10.0. The van der Waals surface area contributed by atoms with E-state index in [4.69, 9.17) is 11.5 Å². The van der Waals surface area contributed by atoms with Crippen molar-refractivity contribution in [1.82, 2.24) is 0 Å². The molecule has 0 aliphatic carbocycles. The number of ketones is 1. The Hall–Kier alpha value is -1.35. The highest BCUT2D eigenvalue weighted by Crippen LogP contribution is 2.17. The van der Waals surface area contributed by atoms with Crippen molar-refractivity contribution in [1.29, 1.82) is 0 Å². The van der Waals surface area contributed by atoms with Crippen molar-refractivity contribution >= 4 is 11.5 Å². The van der Waals surface area contributed by atoms with Gasteiger partial charge in [0.25, 0.3) is 0 Å². The molecule has 0 fully saturated rings. The summed E-state index contributed by atoms with van der Waals surface area (Å²) < 4.78 is 0. The molecule has 1 aromatic carbocycles. The molecule has 0 bridgehead atoms. The first-order chi connectivity index (χ1) is 6.02. The van der Waals surface area contributed by atoms with Gasteiger partial charge < -0.3 is 11.5 Å². The van der Waals surface area contributed by atoms with E-state index in [0.717, 1.165) is 16.8 Å². The Bertz CT molecular complexity index is 334. The van der Waals surface area contributed by atoms with E-state index in [0.29, 0.717) is 0 Å². The molecule has 1 aromatic rings. The maximum atomic E-state index is 11.0. The maximum Gasteiger partial charge on any atom is 0.150 e. The lowest BCUT2D eigenvalue weighted by molar-refractivity contribution is -0.118. The quantitative estimate of drug-likeness (QED) is 0.668. The molecule has 1 rings (SSSR count). The minimum absolute atomic E-state index is 0.0378. The summed E-state index contributed by atoms with van der Waals surface area (Å²) in [7, 11) is 0. The smallest absolute Gasteiger partial charge is 0.150 e. The predicted molar refractivity (Wildman–Crippen MR) is 53.2 cm³/mol. The number of rotatable bonds is 2. The highest BCUT2D eigenvalue weighted by molar-refractivity contribution is 5.82. The molecule has 1 unspecified atom stereocenters. The minimum Gasteiger partial charge on any atom is -0.399 e. The fourth-order valence-electron chi connectivity index (χ4n) is 1.13. The van der Waals surface area contributed by atoms with E-state index in [1.807, 2.05) is 13.0 Å². The van der Waals surface area contributed by atoms with E-state index in [9.17, 15) is 4.79 Å². The van der Waals surface area contributed by atoms with Gasteiger partial charge in [-0.3, -0.25) is 4.79 Å². The third-order valence-electron chi connectivity index (χ3n) is 2.09. The van der Waals surface area contributed by atoms with Gasteiger partial charge in [-0.15, -0.1) is 0 Å². The number of nitrogens with two attached hydrogens (primary N) is 2. The summed E-state index contributed by atoms with van der Waals surface area (Å²) in [4.78, 5) is 11.0. The van der Waals surface area contributed by atoms with Crippen LogP contribution in [-0.2, 0) is 4.79 Å². The van der Waals surface area contributed by atoms with Crippen molar-refractivity contribution in [3.8, 4) is 0 Å². The minimum atomic E-state index is -0.528. The van der Waals surface area contributed by atoms with E-state index in [1.54, 1.807) is 12.1 Å². The fraction of sp³-hybridized carbons (Fsp3) is 0.300. The van der Waals surface area contributed by atoms with Crippen LogP contribution in [0.1, 0.15) is 24.1 Å². The fourth-order valence-corrected chi connectivity index (χ4v) is 1.13. The second-order valence-electron chi connectivity index (χ2n) is 3.20. The first-order valence-corrected chi connectivity index (χ1v) is 4.14. The topological polar surface area (TPSA) is 69.1 Å². The van der Waals surface area contributed by atoms with Gasteiger partial charge in [-0.2, -0.15) is 0 Å². The Morgan fingerprint density at radius 3 is 2.54 bits per heavy atom. The Kier molecular flexibility index (Phi) is 2.68. The summed E-state index contributed by atoms with van der Waals surface area (Å²) >= 11 is 0. The largest absolute Gasteiger partial charge is 0.399 e. The molecule has 0 aliphatic heterocycles. The lowest BCUT2D eigenvalue weighted by Crippen LogP contribution is -2.18. The normalized spacial score (nSPS) is 12.5. The van der Waals surface area contributed by atoms with Crippen LogP contribution in [0.15, 0.2) is 18.2 Å². The summed E-state index contributed by atoms with van der Waals surface area (Å²) in [6.07, 6.45) is 0. The van der Waals surface area contributed by atoms with Crippen molar-refractivity contribution in [2.24, 2.45) is 5.73 Å². The molecule has 4 N–H and O–H groups in total. The lowest BCUT2D eigenvalue weighted by atomic mass is 10.0. The molecule has 3 heteroatoms. The van der Waals surface area contributed by atoms with Gasteiger partial charge in [-0.05, 0) is 31.0 Å². The molecule has 0 radical (unpaired) electrons. The van der Waals surface area contributed by atoms with Gasteiger partial charge in [0.15, 0.2) is 5.78 Å². The Morgan fingerprint density at radius 1 is 1.46 bits per heavy atom. The van der Waals surface area contributed by atoms with E-state index in [2.05, 4.69) is 0 Å². The lowest BCUT2D eigenvalue weighted by Gasteiger charge is -2.09. The SMILES string of the molecule is CC(=O)C(N)c1ccc(N)c(C)c1. The van der Waals surface area contributed by atoms with Crippen LogP contribution in [0.25, 0.3) is 0 Å². The predicted octanol–water partition coefficient (Wildman–Crippen LogP) is 1.17. The molecule has 13 heavy (non-hydrogen) atoms. The molecule has 70 valence electrons. The number of hydrogen-bond acceptors (Lipinski definition) is 3. The molecule has 0 spiro atoms. The van der Waals surface area contributed by atoms with Gasteiger partial charge in [0.1, 0.15) is 0 Å². The molecule has 3 nitrogen and oxygen atoms in total. The average Bonchev–Trinajstić information content (AvgIpc) is 2.08. The number of Topliss-reactive ketones (excluding diaryl/α,β-unsaturated/α-hetero) is 1. The first kappa shape index (κ1) is 9.74. The third-order valence-corrected chi connectivity index (χ3v) is 2.09. The molecule has 0 saturated heterocycles. The highest BCUT2D eigenvalue weighted by atomic mass is 16.1. The summed E-state index contributed by atoms with van der Waals surface area (Å²) in [6, 6.07) is 4.88. The Morgan fingerprint density at radius 2 is 2.08 bits per heavy atom. The van der Waals surface area contributed by atoms with Crippen molar-refractivity contribution in [3.63, 3.8) is 0 Å². The number of nitrogen functional groups attached to an aromatic ring is 1. The summed E-state index contributed by atoms with van der Waals surface area (Å²) in [6.45, 7) is 3.38. The van der Waals surface area contributed by atoms with Crippen LogP contribution >= 0.6 is 0 Å². The van der Waals surface area contributed by atoms with Crippen LogP contribution in [-0.4, -0.2) is 5.78 Å². The van der Waals surface area contributed by atoms with E-state index < -0.39 is 6.04 Å². The van der Waals surface area contributed by atoms with Gasteiger partial charge >= 0.3 is 0 Å². The maximum absolute atomic E-state index is 11.0. The van der Waals surface area contributed by atoms with Crippen molar-refractivity contribution in [3.05, 3.63) is 29.3 Å². The summed E-state index contributed by atoms with van der Waals surface area (Å²) in [5.74, 6) is -0.0378. The van der Waals surface area contributed by atoms with Gasteiger partial charge in [0, 0.05) is 5.69 Å². The van der Waals surface area contributed by atoms with E-state index in [1.165, 1.54) is 6.92 Å². The van der Waals surface area contributed by atoms with Crippen molar-refractivity contribution < 1.29 is 4.79 Å². The molecule has 0 aromatic heterocycles. The molecular formula is C10H14N2O. The zero-order valence-electron chi connectivity index (χ0n) is 7.87. The van der Waals surface area contributed by atoms with Gasteiger partial charge in [0.2, 0.25) is 0 Å². The van der Waals surface area contributed by atoms with Gasteiger partial charge in [-0.25, -0.2) is 0 Å². The van der Waals surface area contributed by atoms with E-state index in [-0.39, 0.29) is 5.78 Å². The molecule has 0 saturated carbocycles. The van der Waals surface area contributed by atoms with Crippen LogP contribution < -0.4 is 11.5 Å². The zero-order valence-corrected chi connectivity index (χ0v) is 7.87. The Labute approximate surface area is 77.7 Å². The number of aryl methyl sites for hydroxylation is 1. The standard InChI is InChI=1S/C10H14N2O/c1-6-5-8(3-4-9(6)11)10(12)7(2)13/h3-5,10H,11-12H2,1-2H3. The van der Waals surface area contributed by atoms with Crippen molar-refractivity contribution in [2.45, 2.75) is 19.9 Å². The number of benzene rings is 1. The Balaban J connectivity index is 3.03. The first-order valence-electron chi connectivity index (χ1n) is 4.14. The number of hydrogen-bond donors (Lipinski definition) is 2. The number of anilines is 1. The number of carbonyl (C=O) groups excluding carboxylic acids is 1. The molecule has 1 atom stereocenters. The van der Waals surface area contributed by atoms with Gasteiger partial charge in [0.05, 0.1) is 6.04 Å². The molecule has 0 aliphatic rings. The van der Waals surface area contributed by atoms with E-state index >= 15 is 0 Å². The second kappa shape index (κ2) is 3.58. The van der Waals surface area contributed by atoms with Crippen LogP contribution in [0, 0.1) is 6.92 Å². The number of carbonyl (C=O) groups is 1. The molecule has 0 amide bonds. The van der Waals surface area contributed by atoms with Crippen LogP contribution in [0.2, 0.25) is 0 Å². The third kappa shape index (κ3) is 2.06. The van der Waals surface area contributed by atoms with Crippen LogP contribution in [0.3, 0.4) is 0 Å². The average molecular weight is 178 g/mol. The van der Waals surface area contributed by atoms with Crippen molar-refractivity contribution in [2.75, 3.05) is 5.73 Å².